The molecule has 25 heavy (non-hydrogen) atoms. The molecule has 0 fully saturated rings. The van der Waals surface area contributed by atoms with Gasteiger partial charge in [-0.1, -0.05) is 81.7 Å². The molecule has 0 aliphatic heterocycles. The van der Waals surface area contributed by atoms with Crippen molar-refractivity contribution in [2.75, 3.05) is 0 Å². The standard InChI is InChI=1S/C17H6Cl6FN/c18-11-3-1-8(13(20)15(11)22)7-5-10(17(24)25-6-7)9-2-4-12(19)16(23)14(9)21/h1-6H. The molecule has 0 aliphatic carbocycles. The second kappa shape index (κ2) is 7.48. The van der Waals surface area contributed by atoms with Crippen molar-refractivity contribution in [3.05, 3.63) is 72.6 Å². The van der Waals surface area contributed by atoms with Gasteiger partial charge in [-0.05, 0) is 18.2 Å². The van der Waals surface area contributed by atoms with E-state index in [0.29, 0.717) is 21.7 Å². The van der Waals surface area contributed by atoms with E-state index in [9.17, 15) is 4.39 Å². The summed E-state index contributed by atoms with van der Waals surface area (Å²) in [6.07, 6.45) is 1.34. The van der Waals surface area contributed by atoms with Gasteiger partial charge in [0.05, 0.1) is 30.1 Å². The van der Waals surface area contributed by atoms with Gasteiger partial charge >= 0.3 is 0 Å². The fourth-order valence-corrected chi connectivity index (χ4v) is 3.55. The first-order valence-corrected chi connectivity index (χ1v) is 9.01. The highest BCUT2D eigenvalue weighted by Gasteiger charge is 2.17. The van der Waals surface area contributed by atoms with E-state index in [2.05, 4.69) is 4.98 Å². The predicted octanol–water partition coefficient (Wildman–Crippen LogP) is 8.48. The molecule has 0 radical (unpaired) electrons. The number of benzene rings is 2. The third-order valence-corrected chi connectivity index (χ3v) is 6.10. The van der Waals surface area contributed by atoms with Crippen LogP contribution in [-0.2, 0) is 0 Å². The average Bonchev–Trinajstić information content (AvgIpc) is 2.59. The molecule has 1 heterocycles. The van der Waals surface area contributed by atoms with Crippen LogP contribution in [0.15, 0.2) is 36.5 Å². The molecule has 128 valence electrons. The lowest BCUT2D eigenvalue weighted by Gasteiger charge is -2.12. The van der Waals surface area contributed by atoms with Crippen molar-refractivity contribution in [3.8, 4) is 22.3 Å². The van der Waals surface area contributed by atoms with Crippen molar-refractivity contribution in [3.63, 3.8) is 0 Å². The first-order valence-electron chi connectivity index (χ1n) is 6.74. The summed E-state index contributed by atoms with van der Waals surface area (Å²) in [4.78, 5) is 3.78. The van der Waals surface area contributed by atoms with Crippen molar-refractivity contribution in [2.24, 2.45) is 0 Å². The molecule has 0 bridgehead atoms. The van der Waals surface area contributed by atoms with Crippen molar-refractivity contribution in [2.45, 2.75) is 0 Å². The zero-order chi connectivity index (χ0) is 18.3. The molecule has 0 aliphatic rings. The Bertz CT molecular complexity index is 989. The van der Waals surface area contributed by atoms with E-state index in [4.69, 9.17) is 69.6 Å². The number of nitrogens with zero attached hydrogens (tertiary/aromatic N) is 1. The third-order valence-electron chi connectivity index (χ3n) is 3.51. The van der Waals surface area contributed by atoms with Gasteiger partial charge in [-0.2, -0.15) is 4.39 Å². The van der Waals surface area contributed by atoms with Crippen molar-refractivity contribution < 1.29 is 4.39 Å². The van der Waals surface area contributed by atoms with E-state index in [1.807, 2.05) is 0 Å². The molecule has 0 N–H and O–H groups in total. The van der Waals surface area contributed by atoms with E-state index >= 15 is 0 Å². The Balaban J connectivity index is 2.21. The number of hydrogen-bond acceptors (Lipinski definition) is 1. The Kier molecular flexibility index (Phi) is 5.69. The molecular formula is C17H6Cl6FN. The number of rotatable bonds is 2. The summed E-state index contributed by atoms with van der Waals surface area (Å²) in [6.45, 7) is 0. The predicted molar refractivity (Wildman–Crippen MR) is 105 cm³/mol. The second-order valence-corrected chi connectivity index (χ2v) is 7.33. The topological polar surface area (TPSA) is 12.9 Å². The second-order valence-electron chi connectivity index (χ2n) is 5.01. The van der Waals surface area contributed by atoms with Gasteiger partial charge in [0.2, 0.25) is 5.95 Å². The number of pyridine rings is 1. The number of aromatic nitrogens is 1. The van der Waals surface area contributed by atoms with Gasteiger partial charge in [0.1, 0.15) is 0 Å². The maximum Gasteiger partial charge on any atom is 0.220 e. The first kappa shape index (κ1) is 19.0. The van der Waals surface area contributed by atoms with Gasteiger partial charge in [-0.25, -0.2) is 4.98 Å². The van der Waals surface area contributed by atoms with Crippen molar-refractivity contribution in [1.82, 2.24) is 4.98 Å². The van der Waals surface area contributed by atoms with Crippen LogP contribution in [0.2, 0.25) is 30.1 Å². The molecule has 3 rings (SSSR count). The minimum atomic E-state index is -0.708. The molecule has 3 aromatic rings. The maximum absolute atomic E-state index is 14.3. The normalized spacial score (nSPS) is 11.0. The molecule has 2 aromatic carbocycles. The van der Waals surface area contributed by atoms with Crippen LogP contribution in [0, 0.1) is 5.95 Å². The van der Waals surface area contributed by atoms with Crippen LogP contribution < -0.4 is 0 Å². The van der Waals surface area contributed by atoms with Crippen molar-refractivity contribution >= 4 is 69.6 Å². The molecule has 8 heteroatoms. The van der Waals surface area contributed by atoms with Crippen LogP contribution in [-0.4, -0.2) is 4.98 Å². The van der Waals surface area contributed by atoms with Gasteiger partial charge in [0, 0.05) is 28.5 Å². The van der Waals surface area contributed by atoms with E-state index in [-0.39, 0.29) is 30.7 Å². The summed E-state index contributed by atoms with van der Waals surface area (Å²) in [5, 5.41) is 1.31. The molecule has 1 aromatic heterocycles. The van der Waals surface area contributed by atoms with E-state index in [0.717, 1.165) is 0 Å². The maximum atomic E-state index is 14.3. The first-order chi connectivity index (χ1) is 11.8. The van der Waals surface area contributed by atoms with Crippen LogP contribution >= 0.6 is 69.6 Å². The van der Waals surface area contributed by atoms with Gasteiger partial charge in [0.25, 0.3) is 0 Å². The lowest BCUT2D eigenvalue weighted by molar-refractivity contribution is 0.588. The summed E-state index contributed by atoms with van der Waals surface area (Å²) in [5.74, 6) is -0.708. The third kappa shape index (κ3) is 3.57. The summed E-state index contributed by atoms with van der Waals surface area (Å²) in [7, 11) is 0. The fourth-order valence-electron chi connectivity index (χ4n) is 2.27. The number of halogens is 7. The highest BCUT2D eigenvalue weighted by atomic mass is 35.5. The fraction of sp³-hybridized carbons (Fsp3) is 0. The smallest absolute Gasteiger partial charge is 0.220 e. The quantitative estimate of drug-likeness (QED) is 0.279. The lowest BCUT2D eigenvalue weighted by atomic mass is 10.0. The molecule has 0 spiro atoms. The molecular weight excluding hydrogens is 450 g/mol. The Hall–Kier alpha value is -0.740. The van der Waals surface area contributed by atoms with Gasteiger partial charge in [-0.15, -0.1) is 0 Å². The minimum absolute atomic E-state index is 0.132. The lowest BCUT2D eigenvalue weighted by Crippen LogP contribution is -1.93. The summed E-state index contributed by atoms with van der Waals surface area (Å²) in [6, 6.07) is 7.92. The Morgan fingerprint density at radius 2 is 1.16 bits per heavy atom. The van der Waals surface area contributed by atoms with Gasteiger partial charge in [0.15, 0.2) is 0 Å². The zero-order valence-electron chi connectivity index (χ0n) is 12.1. The van der Waals surface area contributed by atoms with Crippen LogP contribution in [0.3, 0.4) is 0 Å². The van der Waals surface area contributed by atoms with E-state index < -0.39 is 5.95 Å². The Labute approximate surface area is 173 Å². The summed E-state index contributed by atoms with van der Waals surface area (Å²) in [5.41, 5.74) is 1.62. The largest absolute Gasteiger partial charge is 0.227 e. The SMILES string of the molecule is Fc1ncc(-c2ccc(Cl)c(Cl)c2Cl)cc1-c1ccc(Cl)c(Cl)c1Cl. The Morgan fingerprint density at radius 3 is 1.76 bits per heavy atom. The molecule has 0 saturated heterocycles. The van der Waals surface area contributed by atoms with Crippen molar-refractivity contribution in [1.29, 1.82) is 0 Å². The Morgan fingerprint density at radius 1 is 0.640 bits per heavy atom. The molecule has 0 unspecified atom stereocenters. The van der Waals surface area contributed by atoms with Gasteiger partial charge in [-0.3, -0.25) is 0 Å². The molecule has 1 nitrogen and oxygen atoms in total. The highest BCUT2D eigenvalue weighted by molar-refractivity contribution is 6.50. The zero-order valence-corrected chi connectivity index (χ0v) is 16.6. The summed E-state index contributed by atoms with van der Waals surface area (Å²) < 4.78 is 14.3. The minimum Gasteiger partial charge on any atom is -0.227 e. The van der Waals surface area contributed by atoms with E-state index in [1.54, 1.807) is 24.3 Å². The van der Waals surface area contributed by atoms with Crippen LogP contribution in [0.5, 0.6) is 0 Å². The van der Waals surface area contributed by atoms with Crippen LogP contribution in [0.25, 0.3) is 22.3 Å². The average molecular weight is 456 g/mol. The van der Waals surface area contributed by atoms with Crippen LogP contribution in [0.4, 0.5) is 4.39 Å². The number of hydrogen-bond donors (Lipinski definition) is 0. The molecule has 0 amide bonds. The van der Waals surface area contributed by atoms with Gasteiger partial charge < -0.3 is 0 Å². The molecule has 0 saturated carbocycles. The van der Waals surface area contributed by atoms with E-state index in [1.165, 1.54) is 12.3 Å². The highest BCUT2D eigenvalue weighted by Crippen LogP contribution is 2.42. The molecule has 0 atom stereocenters. The summed E-state index contributed by atoms with van der Waals surface area (Å²) >= 11 is 36.4. The monoisotopic (exact) mass is 453 g/mol. The van der Waals surface area contributed by atoms with Crippen LogP contribution in [0.1, 0.15) is 0 Å².